The van der Waals surface area contributed by atoms with Gasteiger partial charge < -0.3 is 44.1 Å². The van der Waals surface area contributed by atoms with E-state index >= 15 is 0 Å². The fraction of sp³-hybridized carbons (Fsp3) is 0.284. The van der Waals surface area contributed by atoms with E-state index in [1.807, 2.05) is 0 Å². The molecule has 2 aliphatic rings. The third-order valence-corrected chi connectivity index (χ3v) is 24.1. The van der Waals surface area contributed by atoms with Crippen LogP contribution in [0.2, 0.25) is 0 Å². The maximum Gasteiger partial charge on any atom is 2.00 e. The Morgan fingerprint density at radius 3 is 1.04 bits per heavy atom. The van der Waals surface area contributed by atoms with Crippen molar-refractivity contribution in [3.8, 4) is 45.6 Å². The number of esters is 3. The molecule has 0 N–H and O–H groups in total. The molecule has 27 heteroatoms. The number of unbranched alkanes of at least 4 members (excludes halogenated alkanes) is 9. The number of hydrogen-bond donors (Lipinski definition) is 0. The average molecular weight is 1490 g/mol. The van der Waals surface area contributed by atoms with Gasteiger partial charge in [-0.3, -0.25) is 0 Å². The first-order valence-corrected chi connectivity index (χ1v) is 39.0. The molecule has 2 aliphatic heterocycles. The summed E-state index contributed by atoms with van der Waals surface area (Å²) in [6, 6.07) is 33.5. The van der Waals surface area contributed by atoms with E-state index in [0.717, 1.165) is 32.1 Å². The van der Waals surface area contributed by atoms with Crippen LogP contribution in [-0.2, 0) is 70.6 Å². The van der Waals surface area contributed by atoms with Crippen molar-refractivity contribution in [3.63, 3.8) is 0 Å². The van der Waals surface area contributed by atoms with Crippen molar-refractivity contribution >= 4 is 101 Å². The summed E-state index contributed by atoms with van der Waals surface area (Å²) in [6.07, 6.45) is 8.21. The van der Waals surface area contributed by atoms with Crippen molar-refractivity contribution in [1.29, 1.82) is 0 Å². The first-order chi connectivity index (χ1) is 47.7. The summed E-state index contributed by atoms with van der Waals surface area (Å²) in [4.78, 5) is 78.2. The quantitative estimate of drug-likeness (QED) is 0.0235. The van der Waals surface area contributed by atoms with Gasteiger partial charge in [0.15, 0.2) is 9.84 Å². The van der Waals surface area contributed by atoms with Gasteiger partial charge in [-0.05, 0) is 154 Å². The summed E-state index contributed by atoms with van der Waals surface area (Å²) in [5.74, 6) is -3.25. The number of benzene rings is 7. The minimum absolute atomic E-state index is 0. The number of carbonyl (C=O) groups is 3. The number of sulfone groups is 4. The number of rotatable bonds is 24. The zero-order valence-corrected chi connectivity index (χ0v) is 60.3. The first-order valence-electron chi connectivity index (χ1n) is 32.9. The molecule has 0 saturated carbocycles. The van der Waals surface area contributed by atoms with E-state index < -0.39 is 75.6 Å². The fourth-order valence-electron chi connectivity index (χ4n) is 12.0. The van der Waals surface area contributed by atoms with Crippen LogP contribution in [0.1, 0.15) is 144 Å². The molecule has 1 radical (unpaired) electrons. The molecule has 3 aromatic heterocycles. The molecular weight excluding hydrogens is 1420 g/mol. The summed E-state index contributed by atoms with van der Waals surface area (Å²) < 4.78 is 135. The fourth-order valence-corrected chi connectivity index (χ4v) is 17.8. The molecule has 0 unspecified atom stereocenters. The van der Waals surface area contributed by atoms with Crippen LogP contribution in [0.25, 0.3) is 89.7 Å². The number of aromatic nitrogens is 8. The Morgan fingerprint density at radius 1 is 0.356 bits per heavy atom. The van der Waals surface area contributed by atoms with Crippen molar-refractivity contribution in [3.05, 3.63) is 162 Å². The zero-order chi connectivity index (χ0) is 71.0. The van der Waals surface area contributed by atoms with E-state index in [-0.39, 0.29) is 158 Å². The third-order valence-electron chi connectivity index (χ3n) is 16.9. The zero-order valence-electron chi connectivity index (χ0n) is 56.1. The number of carbonyl (C=O) groups excluding carboxylic acids is 3. The molecule has 10 aromatic rings. The van der Waals surface area contributed by atoms with Crippen LogP contribution >= 0.6 is 0 Å². The molecule has 0 aliphatic carbocycles. The summed E-state index contributed by atoms with van der Waals surface area (Å²) in [5, 5.41) is 0.749. The molecular formula is C74H70CuN8O14S4. The van der Waals surface area contributed by atoms with Crippen LogP contribution in [0.15, 0.2) is 180 Å². The van der Waals surface area contributed by atoms with Crippen molar-refractivity contribution in [2.45, 2.75) is 165 Å². The first kappa shape index (κ1) is 72.9. The third kappa shape index (κ3) is 14.9. The second kappa shape index (κ2) is 29.7. The molecule has 7 aromatic carbocycles. The summed E-state index contributed by atoms with van der Waals surface area (Å²) >= 11 is 0. The molecule has 0 saturated heterocycles. The van der Waals surface area contributed by atoms with Gasteiger partial charge in [0.05, 0.1) is 98.3 Å². The van der Waals surface area contributed by atoms with Crippen molar-refractivity contribution < 1.29 is 79.3 Å². The van der Waals surface area contributed by atoms with Crippen LogP contribution in [0.3, 0.4) is 0 Å². The molecule has 101 heavy (non-hydrogen) atoms. The Balaban J connectivity index is 0.0000103. The Labute approximate surface area is 595 Å². The van der Waals surface area contributed by atoms with Crippen LogP contribution in [0.4, 0.5) is 0 Å². The number of hydrogen-bond acceptors (Lipinski definition) is 20. The smallest absolute Gasteiger partial charge is 0.459 e. The van der Waals surface area contributed by atoms with Gasteiger partial charge >= 0.3 is 35.0 Å². The maximum absolute atomic E-state index is 15.0. The predicted octanol–water partition coefficient (Wildman–Crippen LogP) is 14.0. The van der Waals surface area contributed by atoms with E-state index in [1.165, 1.54) is 159 Å². The van der Waals surface area contributed by atoms with E-state index in [4.69, 9.17) is 54.1 Å². The molecule has 525 valence electrons. The molecule has 0 spiro atoms. The average Bonchev–Trinajstić information content (AvgIpc) is 1.64. The number of nitrogens with zero attached hydrogens (tertiary/aromatic N) is 8. The van der Waals surface area contributed by atoms with Gasteiger partial charge in [0.1, 0.15) is 0 Å². The van der Waals surface area contributed by atoms with Crippen LogP contribution in [0.5, 0.6) is 0 Å². The van der Waals surface area contributed by atoms with Crippen molar-refractivity contribution in [2.24, 2.45) is 0 Å². The second-order valence-electron chi connectivity index (χ2n) is 25.2. The SMILES string of the molecule is CCCCCCCCCCCCS(=O)(=O)c1ccc2c3nc4nc(nc5[n-]c(nc6nc(nc([n-]3)c2c1)-c1ccc(S(=O)(=O)c2ccccc2C(=O)OC(C)C)cc1-6)c1cc(S(=O)(=O)c2ccccc2C(=O)OC(C)C)ccc51)-c1ccc(S(=O)(=O)c2ccccc2C(=O)OC(C)C)cc1-4.[Cu+2]. The Morgan fingerprint density at radius 2 is 0.663 bits per heavy atom. The van der Waals surface area contributed by atoms with Gasteiger partial charge in [-0.2, -0.15) is 0 Å². The van der Waals surface area contributed by atoms with Gasteiger partial charge in [0.25, 0.3) is 0 Å². The summed E-state index contributed by atoms with van der Waals surface area (Å²) in [5.41, 5.74) is -0.470. The van der Waals surface area contributed by atoms with Crippen molar-refractivity contribution in [1.82, 2.24) is 39.9 Å². The van der Waals surface area contributed by atoms with E-state index in [1.54, 1.807) is 47.6 Å². The van der Waals surface area contributed by atoms with Crippen LogP contribution in [-0.4, -0.2) is 106 Å². The molecule has 12 rings (SSSR count). The van der Waals surface area contributed by atoms with Crippen LogP contribution in [0, 0.1) is 0 Å². The molecule has 0 fully saturated rings. The summed E-state index contributed by atoms with van der Waals surface area (Å²) in [6.45, 7) is 12.0. The number of ether oxygens (including phenoxy) is 3. The Kier molecular flexibility index (Phi) is 21.4. The monoisotopic (exact) mass is 1490 g/mol. The molecule has 0 amide bonds. The predicted molar refractivity (Wildman–Crippen MR) is 375 cm³/mol. The largest absolute Gasteiger partial charge is 2.00 e. The van der Waals surface area contributed by atoms with E-state index in [2.05, 4.69) is 6.92 Å². The molecule has 5 heterocycles. The minimum atomic E-state index is -4.59. The van der Waals surface area contributed by atoms with Gasteiger partial charge in [-0.25, -0.2) is 58.0 Å². The van der Waals surface area contributed by atoms with Gasteiger partial charge in [0.2, 0.25) is 29.5 Å². The topological polar surface area (TPSA) is 321 Å². The molecule has 22 nitrogen and oxygen atoms in total. The number of fused-ring (bicyclic) bond motifs is 20. The van der Waals surface area contributed by atoms with Crippen molar-refractivity contribution in [2.75, 3.05) is 5.75 Å². The Bertz CT molecular complexity index is 5620. The van der Waals surface area contributed by atoms with E-state index in [0.29, 0.717) is 18.2 Å². The molecule has 8 bridgehead atoms. The van der Waals surface area contributed by atoms with E-state index in [9.17, 15) is 48.1 Å². The summed E-state index contributed by atoms with van der Waals surface area (Å²) in [7, 11) is -17.7. The Hall–Kier alpha value is -9.37. The van der Waals surface area contributed by atoms with Gasteiger partial charge in [0, 0.05) is 44.8 Å². The molecule has 0 atom stereocenters. The maximum atomic E-state index is 15.0. The standard InChI is InChI=1S/C74H70N8O14S4.Cu/c1-8-9-10-11-12-13-14-15-16-23-38-97(86,87)46-30-34-50-57(39-46)68-78-66(50)80-69-58-40-47(98(88,89)61-27-20-17-24-54(61)72(83)94-43(2)3)31-35-51(58)64(76-69)75-65-52-36-32-48(99(90,91)62-28-21-18-25-55(62)73(84)95-44(4)5)41-59(52)70(77-65)82-71-60-42-49(33-37-53(60)67(79-68)81-71)100(92,93)63-29-22-19-26-56(63)74(85)96-45(6)7;/h17-22,24-37,39-45H,8-16,23,38H2,1-7H3;/q-2;+2. The van der Waals surface area contributed by atoms with Gasteiger partial charge in [-0.15, -0.1) is 0 Å². The second-order valence-corrected chi connectivity index (χ2v) is 33.0. The van der Waals surface area contributed by atoms with Gasteiger partial charge in [-0.1, -0.05) is 125 Å². The minimum Gasteiger partial charge on any atom is -0.459 e. The normalized spacial score (nSPS) is 12.4. The van der Waals surface area contributed by atoms with Crippen LogP contribution < -0.4 is 9.97 Å².